The minimum atomic E-state index is -4.75. The van der Waals surface area contributed by atoms with Crippen LogP contribution in [0.4, 0.5) is 17.6 Å². The smallest absolute Gasteiger partial charge is 0.455 e. The predicted octanol–water partition coefficient (Wildman–Crippen LogP) is 3.28. The molecule has 38 heavy (non-hydrogen) atoms. The van der Waals surface area contributed by atoms with E-state index in [-0.39, 0.29) is 52.6 Å². The van der Waals surface area contributed by atoms with E-state index in [0.717, 1.165) is 6.20 Å². The molecule has 0 unspecified atom stereocenters. The second-order valence-electron chi connectivity index (χ2n) is 9.32. The Morgan fingerprint density at radius 1 is 1.24 bits per heavy atom. The minimum Gasteiger partial charge on any atom is -0.481 e. The molecular formula is C23H23F4N7O4. The van der Waals surface area contributed by atoms with Crippen LogP contribution in [0, 0.1) is 11.7 Å². The number of aromatic amines is 1. The van der Waals surface area contributed by atoms with Gasteiger partial charge in [0.25, 0.3) is 11.7 Å². The summed E-state index contributed by atoms with van der Waals surface area (Å²) in [5.74, 6) is -3.31. The summed E-state index contributed by atoms with van der Waals surface area (Å²) in [6.45, 7) is 1.45. The average Bonchev–Trinajstić information content (AvgIpc) is 3.62. The standard InChI is InChI=1S/C23H23F4N7O4/c1-10(20-30-22(33-38-20)23(25,26)27)29-19(35)11-5-12-3-4-13(6-11)34(12)21(36)17-8-16(31-32-17)14-7-18(37-2)28-9-15(14)24/h7-13H,3-6H2,1-2H3,(H,29,35)(H,31,32)/t10-,11-,12-,13+/m1/s1. The number of piperidine rings is 1. The number of nitrogens with one attached hydrogen (secondary N) is 2. The molecule has 5 heterocycles. The van der Waals surface area contributed by atoms with Crippen molar-refractivity contribution in [1.82, 2.24) is 35.5 Å². The van der Waals surface area contributed by atoms with Crippen molar-refractivity contribution in [3.63, 3.8) is 0 Å². The van der Waals surface area contributed by atoms with Crippen LogP contribution in [0.2, 0.25) is 0 Å². The first-order valence-electron chi connectivity index (χ1n) is 11.8. The van der Waals surface area contributed by atoms with Crippen LogP contribution in [-0.4, -0.2) is 61.2 Å². The molecule has 2 aliphatic heterocycles. The molecule has 202 valence electrons. The maximum Gasteiger partial charge on any atom is 0.455 e. The zero-order valence-electron chi connectivity index (χ0n) is 20.3. The van der Waals surface area contributed by atoms with Gasteiger partial charge in [0, 0.05) is 29.6 Å². The lowest BCUT2D eigenvalue weighted by atomic mass is 9.89. The van der Waals surface area contributed by atoms with Crippen LogP contribution in [-0.2, 0) is 11.0 Å². The van der Waals surface area contributed by atoms with E-state index in [4.69, 9.17) is 4.74 Å². The van der Waals surface area contributed by atoms with E-state index >= 15 is 0 Å². The zero-order chi connectivity index (χ0) is 27.2. The number of pyridine rings is 1. The fourth-order valence-corrected chi connectivity index (χ4v) is 5.08. The lowest BCUT2D eigenvalue weighted by Crippen LogP contribution is -2.49. The third-order valence-electron chi connectivity index (χ3n) is 6.89. The molecular weight excluding hydrogens is 514 g/mol. The van der Waals surface area contributed by atoms with Gasteiger partial charge < -0.3 is 19.5 Å². The van der Waals surface area contributed by atoms with E-state index < -0.39 is 29.8 Å². The molecule has 3 aromatic heterocycles. The van der Waals surface area contributed by atoms with Gasteiger partial charge in [-0.2, -0.15) is 23.3 Å². The maximum absolute atomic E-state index is 14.3. The fourth-order valence-electron chi connectivity index (χ4n) is 5.08. The zero-order valence-corrected chi connectivity index (χ0v) is 20.3. The summed E-state index contributed by atoms with van der Waals surface area (Å²) in [5.41, 5.74) is 0.553. The molecule has 2 amide bonds. The number of hydrogen-bond donors (Lipinski definition) is 2. The monoisotopic (exact) mass is 537 g/mol. The Labute approximate surface area is 212 Å². The summed E-state index contributed by atoms with van der Waals surface area (Å²) in [4.78, 5) is 35.1. The molecule has 15 heteroatoms. The highest BCUT2D eigenvalue weighted by molar-refractivity contribution is 5.94. The predicted molar refractivity (Wildman–Crippen MR) is 120 cm³/mol. The van der Waals surface area contributed by atoms with Crippen molar-refractivity contribution in [1.29, 1.82) is 0 Å². The van der Waals surface area contributed by atoms with Gasteiger partial charge in [0.05, 0.1) is 19.0 Å². The number of rotatable bonds is 6. The van der Waals surface area contributed by atoms with Gasteiger partial charge in [-0.25, -0.2) is 9.37 Å². The van der Waals surface area contributed by atoms with Crippen LogP contribution >= 0.6 is 0 Å². The average molecular weight is 537 g/mol. The van der Waals surface area contributed by atoms with Gasteiger partial charge in [0.2, 0.25) is 17.7 Å². The molecule has 2 saturated heterocycles. The summed E-state index contributed by atoms with van der Waals surface area (Å²) >= 11 is 0. The minimum absolute atomic E-state index is 0.112. The number of fused-ring (bicyclic) bond motifs is 2. The van der Waals surface area contributed by atoms with Crippen molar-refractivity contribution in [2.45, 2.75) is 56.9 Å². The van der Waals surface area contributed by atoms with Crippen molar-refractivity contribution in [2.24, 2.45) is 5.92 Å². The number of ether oxygens (including phenoxy) is 1. The summed E-state index contributed by atoms with van der Waals surface area (Å²) in [5, 5.41) is 12.3. The normalized spacial score (nSPS) is 21.8. The van der Waals surface area contributed by atoms with Crippen molar-refractivity contribution in [3.8, 4) is 17.1 Å². The second-order valence-corrected chi connectivity index (χ2v) is 9.32. The van der Waals surface area contributed by atoms with Crippen LogP contribution in [0.25, 0.3) is 11.3 Å². The fraction of sp³-hybridized carbons (Fsp3) is 0.478. The third kappa shape index (κ3) is 4.79. The van der Waals surface area contributed by atoms with E-state index in [1.165, 1.54) is 26.2 Å². The summed E-state index contributed by atoms with van der Waals surface area (Å²) in [6, 6.07) is 1.50. The Balaban J connectivity index is 1.24. The number of alkyl halides is 3. The molecule has 2 fully saturated rings. The summed E-state index contributed by atoms with van der Waals surface area (Å²) in [7, 11) is 1.40. The van der Waals surface area contributed by atoms with Crippen LogP contribution in [0.15, 0.2) is 22.9 Å². The second kappa shape index (κ2) is 9.68. The largest absolute Gasteiger partial charge is 0.481 e. The van der Waals surface area contributed by atoms with Gasteiger partial charge in [0.15, 0.2) is 11.5 Å². The van der Waals surface area contributed by atoms with E-state index in [9.17, 15) is 27.2 Å². The van der Waals surface area contributed by atoms with E-state index in [1.54, 1.807) is 4.90 Å². The third-order valence-corrected chi connectivity index (χ3v) is 6.89. The topological polar surface area (TPSA) is 139 Å². The van der Waals surface area contributed by atoms with Gasteiger partial charge in [-0.1, -0.05) is 5.16 Å². The van der Waals surface area contributed by atoms with Crippen LogP contribution in [0.1, 0.15) is 60.9 Å². The molecule has 3 aromatic rings. The first-order chi connectivity index (χ1) is 18.0. The number of halogens is 4. The lowest BCUT2D eigenvalue weighted by molar-refractivity contribution is -0.146. The molecule has 0 aromatic carbocycles. The van der Waals surface area contributed by atoms with Crippen LogP contribution in [0.3, 0.4) is 0 Å². The van der Waals surface area contributed by atoms with Gasteiger partial charge in [-0.05, 0) is 38.7 Å². The maximum atomic E-state index is 14.3. The Bertz CT molecular complexity index is 1340. The first-order valence-corrected chi connectivity index (χ1v) is 11.8. The van der Waals surface area contributed by atoms with Crippen molar-refractivity contribution in [2.75, 3.05) is 7.11 Å². The molecule has 0 radical (unpaired) electrons. The van der Waals surface area contributed by atoms with Crippen LogP contribution in [0.5, 0.6) is 5.88 Å². The highest BCUT2D eigenvalue weighted by atomic mass is 19.4. The molecule has 2 N–H and O–H groups in total. The first kappa shape index (κ1) is 25.6. The summed E-state index contributed by atoms with van der Waals surface area (Å²) in [6.07, 6.45) is -1.58. The Kier molecular flexibility index (Phi) is 6.53. The van der Waals surface area contributed by atoms with Crippen LogP contribution < -0.4 is 10.1 Å². The highest BCUT2D eigenvalue weighted by Crippen LogP contribution is 2.40. The molecule has 0 aliphatic carbocycles. The Hall–Kier alpha value is -4.04. The van der Waals surface area contributed by atoms with Gasteiger partial charge >= 0.3 is 6.18 Å². The van der Waals surface area contributed by atoms with E-state index in [1.807, 2.05) is 0 Å². The van der Waals surface area contributed by atoms with E-state index in [0.29, 0.717) is 25.7 Å². The number of H-pyrrole nitrogens is 1. The quantitative estimate of drug-likeness (QED) is 0.457. The number of nitrogens with zero attached hydrogens (tertiary/aromatic N) is 5. The SMILES string of the molecule is COc1cc(-c2cc(C(=O)N3[C@@H]4CC[C@H]3C[C@H](C(=O)N[C@H](C)c3nc(C(F)(F)F)no3)C4)n[nH]2)c(F)cn1. The molecule has 2 aliphatic rings. The number of carbonyl (C=O) groups excluding carboxylic acids is 2. The number of amides is 2. The van der Waals surface area contributed by atoms with Gasteiger partial charge in [-0.15, -0.1) is 0 Å². The molecule has 11 nitrogen and oxygen atoms in total. The molecule has 0 spiro atoms. The van der Waals surface area contributed by atoms with Gasteiger partial charge in [-0.3, -0.25) is 14.7 Å². The molecule has 4 atom stereocenters. The number of methoxy groups -OCH3 is 1. The number of hydrogen-bond acceptors (Lipinski definition) is 8. The number of aromatic nitrogens is 5. The van der Waals surface area contributed by atoms with Crippen molar-refractivity contribution in [3.05, 3.63) is 41.6 Å². The Morgan fingerprint density at radius 2 is 1.95 bits per heavy atom. The van der Waals surface area contributed by atoms with E-state index in [2.05, 4.69) is 35.2 Å². The number of carbonyl (C=O) groups is 2. The highest BCUT2D eigenvalue weighted by Gasteiger charge is 2.46. The Morgan fingerprint density at radius 3 is 2.58 bits per heavy atom. The molecule has 5 rings (SSSR count). The van der Waals surface area contributed by atoms with Gasteiger partial charge in [0.1, 0.15) is 6.04 Å². The van der Waals surface area contributed by atoms with Crippen molar-refractivity contribution < 1.29 is 36.4 Å². The lowest BCUT2D eigenvalue weighted by Gasteiger charge is -2.38. The van der Waals surface area contributed by atoms with Crippen molar-refractivity contribution >= 4 is 11.8 Å². The molecule has 0 saturated carbocycles. The molecule has 2 bridgehead atoms. The summed E-state index contributed by atoms with van der Waals surface area (Å²) < 4.78 is 62.2.